The SMILES string of the molecule is N#CC1(C#N)C=CC=CO1. The zero-order valence-corrected chi connectivity index (χ0v) is 5.11. The summed E-state index contributed by atoms with van der Waals surface area (Å²) in [4.78, 5) is 0. The van der Waals surface area contributed by atoms with Crippen molar-refractivity contribution in [1.82, 2.24) is 0 Å². The van der Waals surface area contributed by atoms with Gasteiger partial charge in [-0.1, -0.05) is 6.08 Å². The van der Waals surface area contributed by atoms with Crippen molar-refractivity contribution in [2.45, 2.75) is 5.60 Å². The first-order valence-corrected chi connectivity index (χ1v) is 2.68. The van der Waals surface area contributed by atoms with E-state index in [1.807, 2.05) is 0 Å². The minimum absolute atomic E-state index is 1.33. The summed E-state index contributed by atoms with van der Waals surface area (Å²) in [6.07, 6.45) is 5.96. The second-order valence-electron chi connectivity index (χ2n) is 1.76. The Morgan fingerprint density at radius 1 is 1.20 bits per heavy atom. The zero-order chi connectivity index (χ0) is 7.45. The third-order valence-electron chi connectivity index (χ3n) is 1.11. The first kappa shape index (κ1) is 6.38. The van der Waals surface area contributed by atoms with Gasteiger partial charge in [0, 0.05) is 0 Å². The quantitative estimate of drug-likeness (QED) is 0.491. The van der Waals surface area contributed by atoms with Gasteiger partial charge in [0.25, 0.3) is 5.60 Å². The topological polar surface area (TPSA) is 56.8 Å². The van der Waals surface area contributed by atoms with Crippen molar-refractivity contribution in [2.24, 2.45) is 0 Å². The summed E-state index contributed by atoms with van der Waals surface area (Å²) >= 11 is 0. The van der Waals surface area contributed by atoms with Crippen molar-refractivity contribution in [3.8, 4) is 12.1 Å². The predicted molar refractivity (Wildman–Crippen MR) is 33.3 cm³/mol. The maximum Gasteiger partial charge on any atom is 0.298 e. The van der Waals surface area contributed by atoms with E-state index in [0.717, 1.165) is 0 Å². The summed E-state index contributed by atoms with van der Waals surface area (Å²) in [5.41, 5.74) is -1.39. The highest BCUT2D eigenvalue weighted by Gasteiger charge is 2.28. The number of nitriles is 2. The molecule has 0 aromatic carbocycles. The molecule has 0 bridgehead atoms. The number of rotatable bonds is 0. The lowest BCUT2D eigenvalue weighted by Gasteiger charge is -2.14. The lowest BCUT2D eigenvalue weighted by molar-refractivity contribution is 0.169. The van der Waals surface area contributed by atoms with Crippen LogP contribution in [-0.2, 0) is 4.74 Å². The summed E-state index contributed by atoms with van der Waals surface area (Å²) in [6.45, 7) is 0. The minimum atomic E-state index is -1.39. The third-order valence-corrected chi connectivity index (χ3v) is 1.11. The lowest BCUT2D eigenvalue weighted by atomic mass is 10.1. The maximum atomic E-state index is 8.46. The van der Waals surface area contributed by atoms with E-state index in [2.05, 4.69) is 0 Å². The van der Waals surface area contributed by atoms with E-state index in [1.165, 1.54) is 12.3 Å². The van der Waals surface area contributed by atoms with Crippen molar-refractivity contribution in [2.75, 3.05) is 0 Å². The first-order valence-electron chi connectivity index (χ1n) is 2.68. The van der Waals surface area contributed by atoms with Gasteiger partial charge in [0.1, 0.15) is 12.1 Å². The normalized spacial score (nSPS) is 18.6. The molecule has 0 saturated carbocycles. The molecule has 1 aliphatic rings. The highest BCUT2D eigenvalue weighted by atomic mass is 16.5. The van der Waals surface area contributed by atoms with E-state index in [4.69, 9.17) is 15.3 Å². The molecule has 0 atom stereocenters. The summed E-state index contributed by atoms with van der Waals surface area (Å²) in [5.74, 6) is 0. The Labute approximate surface area is 58.4 Å². The van der Waals surface area contributed by atoms with Gasteiger partial charge in [-0.3, -0.25) is 0 Å². The molecule has 0 spiro atoms. The molecule has 0 radical (unpaired) electrons. The van der Waals surface area contributed by atoms with Crippen LogP contribution in [-0.4, -0.2) is 5.60 Å². The van der Waals surface area contributed by atoms with Crippen molar-refractivity contribution >= 4 is 0 Å². The molecular weight excluding hydrogens is 128 g/mol. The lowest BCUT2D eigenvalue weighted by Crippen LogP contribution is -2.24. The standard InChI is InChI=1S/C7H4N2O/c8-5-7(6-9)3-1-2-4-10-7/h1-4H. The molecule has 0 aliphatic carbocycles. The van der Waals surface area contributed by atoms with Crippen molar-refractivity contribution < 1.29 is 4.74 Å². The van der Waals surface area contributed by atoms with Gasteiger partial charge in [-0.05, 0) is 12.2 Å². The molecule has 0 N–H and O–H groups in total. The van der Waals surface area contributed by atoms with Crippen LogP contribution in [0.5, 0.6) is 0 Å². The fraction of sp³-hybridized carbons (Fsp3) is 0.143. The molecule has 1 heterocycles. The van der Waals surface area contributed by atoms with Crippen LogP contribution in [0.4, 0.5) is 0 Å². The highest BCUT2D eigenvalue weighted by Crippen LogP contribution is 2.14. The van der Waals surface area contributed by atoms with Gasteiger partial charge in [-0.15, -0.1) is 0 Å². The van der Waals surface area contributed by atoms with Crippen LogP contribution in [0.3, 0.4) is 0 Å². The Bertz CT molecular complexity index is 250. The molecule has 0 aromatic heterocycles. The van der Waals surface area contributed by atoms with Crippen molar-refractivity contribution in [1.29, 1.82) is 10.5 Å². The monoisotopic (exact) mass is 132 g/mol. The number of nitrogens with zero attached hydrogens (tertiary/aromatic N) is 2. The summed E-state index contributed by atoms with van der Waals surface area (Å²) < 4.78 is 4.77. The van der Waals surface area contributed by atoms with Crippen molar-refractivity contribution in [3.63, 3.8) is 0 Å². The van der Waals surface area contributed by atoms with E-state index in [-0.39, 0.29) is 0 Å². The van der Waals surface area contributed by atoms with E-state index >= 15 is 0 Å². The Balaban J connectivity index is 2.93. The van der Waals surface area contributed by atoms with Gasteiger partial charge in [0.05, 0.1) is 6.26 Å². The third kappa shape index (κ3) is 0.852. The number of ether oxygens (including phenoxy) is 1. The molecule has 0 amide bonds. The number of hydrogen-bond donors (Lipinski definition) is 0. The van der Waals surface area contributed by atoms with Crippen LogP contribution < -0.4 is 0 Å². The van der Waals surface area contributed by atoms with Gasteiger partial charge in [0.15, 0.2) is 0 Å². The smallest absolute Gasteiger partial charge is 0.298 e. The van der Waals surface area contributed by atoms with Gasteiger partial charge >= 0.3 is 0 Å². The van der Waals surface area contributed by atoms with Crippen LogP contribution in [0.15, 0.2) is 24.5 Å². The van der Waals surface area contributed by atoms with Crippen LogP contribution >= 0.6 is 0 Å². The zero-order valence-electron chi connectivity index (χ0n) is 5.11. The number of hydrogen-bond acceptors (Lipinski definition) is 3. The second kappa shape index (κ2) is 2.24. The van der Waals surface area contributed by atoms with E-state index in [1.54, 1.807) is 24.3 Å². The molecule has 3 nitrogen and oxygen atoms in total. The Hall–Kier alpha value is -1.74. The second-order valence-corrected chi connectivity index (χ2v) is 1.76. The largest absolute Gasteiger partial charge is 0.463 e. The van der Waals surface area contributed by atoms with Crippen molar-refractivity contribution in [3.05, 3.63) is 24.5 Å². The summed E-state index contributed by atoms with van der Waals surface area (Å²) in [7, 11) is 0. The maximum absolute atomic E-state index is 8.46. The molecule has 0 fully saturated rings. The van der Waals surface area contributed by atoms with Gasteiger partial charge in [-0.2, -0.15) is 10.5 Å². The van der Waals surface area contributed by atoms with E-state index in [0.29, 0.717) is 0 Å². The Morgan fingerprint density at radius 2 is 1.90 bits per heavy atom. The molecule has 0 unspecified atom stereocenters. The fourth-order valence-corrected chi connectivity index (χ4v) is 0.575. The van der Waals surface area contributed by atoms with E-state index < -0.39 is 5.60 Å². The van der Waals surface area contributed by atoms with Gasteiger partial charge in [-0.25, -0.2) is 0 Å². The molecule has 0 saturated heterocycles. The molecule has 3 heteroatoms. The van der Waals surface area contributed by atoms with E-state index in [9.17, 15) is 0 Å². The van der Waals surface area contributed by atoms with Crippen LogP contribution in [0.25, 0.3) is 0 Å². The average molecular weight is 132 g/mol. The Kier molecular flexibility index (Phi) is 1.43. The molecular formula is C7H4N2O. The first-order chi connectivity index (χ1) is 4.83. The minimum Gasteiger partial charge on any atom is -0.463 e. The predicted octanol–water partition coefficient (Wildman–Crippen LogP) is 0.872. The fourth-order valence-electron chi connectivity index (χ4n) is 0.575. The van der Waals surface area contributed by atoms with Gasteiger partial charge < -0.3 is 4.74 Å². The average Bonchev–Trinajstić information content (AvgIpc) is 2.06. The molecule has 1 aliphatic heterocycles. The van der Waals surface area contributed by atoms with Crippen LogP contribution in [0.1, 0.15) is 0 Å². The van der Waals surface area contributed by atoms with Crippen LogP contribution in [0.2, 0.25) is 0 Å². The molecule has 48 valence electrons. The highest BCUT2D eigenvalue weighted by molar-refractivity contribution is 5.32. The molecule has 1 rings (SSSR count). The van der Waals surface area contributed by atoms with Crippen LogP contribution in [0, 0.1) is 22.7 Å². The summed E-state index contributed by atoms with van der Waals surface area (Å²) in [6, 6.07) is 3.49. The number of allylic oxidation sites excluding steroid dienone is 2. The summed E-state index contributed by atoms with van der Waals surface area (Å²) in [5, 5.41) is 16.9. The molecule has 0 aromatic rings. The van der Waals surface area contributed by atoms with Gasteiger partial charge in [0.2, 0.25) is 0 Å². The molecule has 10 heavy (non-hydrogen) atoms. The Morgan fingerprint density at radius 3 is 2.20 bits per heavy atom.